The van der Waals surface area contributed by atoms with Crippen LogP contribution in [0, 0.1) is 20.8 Å². The lowest BCUT2D eigenvalue weighted by molar-refractivity contribution is 0.0994. The highest BCUT2D eigenvalue weighted by atomic mass is 16.5. The normalized spacial score (nSPS) is 13.7. The van der Waals surface area contributed by atoms with Crippen LogP contribution in [0.5, 0.6) is 11.5 Å². The molecule has 0 aliphatic carbocycles. The maximum absolute atomic E-state index is 13.8. The molecule has 0 unspecified atom stereocenters. The van der Waals surface area contributed by atoms with Gasteiger partial charge < -0.3 is 29.2 Å². The summed E-state index contributed by atoms with van der Waals surface area (Å²) in [5.74, 6) is 0.574. The number of aryl methyl sites for hydroxylation is 6. The number of aromatic nitrogens is 8. The highest BCUT2D eigenvalue weighted by molar-refractivity contribution is 6.05. The number of imidazole rings is 2. The summed E-state index contributed by atoms with van der Waals surface area (Å²) in [5, 5.41) is 15.0. The average molecular weight is 779 g/mol. The number of hydrogen-bond donors (Lipinski definition) is 3. The van der Waals surface area contributed by atoms with Gasteiger partial charge in [0.2, 0.25) is 17.8 Å². The second kappa shape index (κ2) is 16.1. The van der Waals surface area contributed by atoms with Crippen molar-refractivity contribution in [1.82, 2.24) is 43.6 Å². The predicted molar refractivity (Wildman–Crippen MR) is 216 cm³/mol. The van der Waals surface area contributed by atoms with Gasteiger partial charge in [0, 0.05) is 31.7 Å². The summed E-state index contributed by atoms with van der Waals surface area (Å²) in [6, 6.07) is 10.5. The number of anilines is 2. The van der Waals surface area contributed by atoms with E-state index in [1.54, 1.807) is 33.6 Å². The van der Waals surface area contributed by atoms with Gasteiger partial charge in [-0.05, 0) is 110 Å². The Morgan fingerprint density at radius 1 is 0.860 bits per heavy atom. The van der Waals surface area contributed by atoms with Crippen molar-refractivity contribution in [2.45, 2.75) is 79.6 Å². The van der Waals surface area contributed by atoms with Gasteiger partial charge in [-0.3, -0.25) is 34.4 Å². The highest BCUT2D eigenvalue weighted by Crippen LogP contribution is 2.39. The first kappa shape index (κ1) is 39.0. The second-order valence-corrected chi connectivity index (χ2v) is 14.7. The van der Waals surface area contributed by atoms with Gasteiger partial charge in [0.05, 0.1) is 35.1 Å². The molecule has 0 saturated carbocycles. The lowest BCUT2D eigenvalue weighted by atomic mass is 10.1. The number of nitrogens with one attached hydrogen (secondary N) is 2. The standard InChI is InChI=1S/C40H50N12O5/c1-8-50-30(18-24(4)46-50)37(54)44-39-42-29-20-26(36(41)53)21-33(56-15-11-13-48(6)7)34(29)49(39)14-10-12-27-22-57-32-17-23(3)16-28-35(32)52(27)40(43-28)45-38(55)31-19-25(5)47-51(31)9-2/h16-21,27H,8-15,22H2,1-7H3,(H2,41,53)(H,42,44,54)(H,43,45,55)/t27-/m0/s1. The van der Waals surface area contributed by atoms with Crippen LogP contribution in [-0.2, 0) is 19.6 Å². The third-order valence-corrected chi connectivity index (χ3v) is 10.0. The largest absolute Gasteiger partial charge is 0.491 e. The molecule has 0 spiro atoms. The molecule has 3 amide bonds. The van der Waals surface area contributed by atoms with Crippen LogP contribution in [0.1, 0.15) is 87.4 Å². The molecule has 17 nitrogen and oxygen atoms in total. The number of carbonyl (C=O) groups is 3. The van der Waals surface area contributed by atoms with Crippen LogP contribution in [0.3, 0.4) is 0 Å². The Bertz CT molecular complexity index is 2490. The fraction of sp³-hybridized carbons (Fsp3) is 0.425. The molecule has 5 heterocycles. The van der Waals surface area contributed by atoms with Gasteiger partial charge in [0.1, 0.15) is 40.5 Å². The zero-order valence-electron chi connectivity index (χ0n) is 33.5. The van der Waals surface area contributed by atoms with Gasteiger partial charge in [0.25, 0.3) is 11.8 Å². The number of nitrogens with two attached hydrogens (primary N) is 1. The molecule has 1 aliphatic rings. The first-order valence-electron chi connectivity index (χ1n) is 19.3. The Kier molecular flexibility index (Phi) is 11.0. The number of benzene rings is 2. The molecular weight excluding hydrogens is 729 g/mol. The Labute approximate surface area is 330 Å². The van der Waals surface area contributed by atoms with Crippen LogP contribution in [0.2, 0.25) is 0 Å². The van der Waals surface area contributed by atoms with Gasteiger partial charge in [0.15, 0.2) is 0 Å². The fourth-order valence-corrected chi connectivity index (χ4v) is 7.47. The minimum absolute atomic E-state index is 0.198. The molecular formula is C40H50N12O5. The summed E-state index contributed by atoms with van der Waals surface area (Å²) in [6.07, 6.45) is 1.96. The maximum atomic E-state index is 13.8. The van der Waals surface area contributed by atoms with E-state index < -0.39 is 5.91 Å². The highest BCUT2D eigenvalue weighted by Gasteiger charge is 2.29. The van der Waals surface area contributed by atoms with Gasteiger partial charge in [-0.2, -0.15) is 10.2 Å². The van der Waals surface area contributed by atoms with Crippen LogP contribution < -0.4 is 25.8 Å². The Hall–Kier alpha value is -6.23. The van der Waals surface area contributed by atoms with Gasteiger partial charge >= 0.3 is 0 Å². The quantitative estimate of drug-likeness (QED) is 0.111. The summed E-state index contributed by atoms with van der Waals surface area (Å²) in [4.78, 5) is 51.7. The molecule has 7 rings (SSSR count). The van der Waals surface area contributed by atoms with Crippen molar-refractivity contribution < 1.29 is 23.9 Å². The van der Waals surface area contributed by atoms with Crippen molar-refractivity contribution in [3.05, 3.63) is 70.3 Å². The fourth-order valence-electron chi connectivity index (χ4n) is 7.47. The van der Waals surface area contributed by atoms with E-state index in [1.165, 1.54) is 0 Å². The van der Waals surface area contributed by atoms with E-state index in [0.717, 1.165) is 41.0 Å². The molecule has 2 aromatic carbocycles. The predicted octanol–water partition coefficient (Wildman–Crippen LogP) is 5.09. The summed E-state index contributed by atoms with van der Waals surface area (Å²) >= 11 is 0. The second-order valence-electron chi connectivity index (χ2n) is 14.7. The summed E-state index contributed by atoms with van der Waals surface area (Å²) in [7, 11) is 3.99. The SMILES string of the molecule is CCn1nc(C)cc1C(=O)Nc1nc2cc(C(N)=O)cc(OCCCN(C)C)c2n1CCC[C@H]1COc2cc(C)cc3nc(NC(=O)c4cc(C)nn4CC)n1c23. The lowest BCUT2D eigenvalue weighted by Gasteiger charge is -2.27. The average Bonchev–Trinajstić information content (AvgIpc) is 3.93. The molecule has 0 saturated heterocycles. The number of fused-ring (bicyclic) bond motifs is 1. The summed E-state index contributed by atoms with van der Waals surface area (Å²) in [5.41, 5.74) is 11.9. The summed E-state index contributed by atoms with van der Waals surface area (Å²) < 4.78 is 19.9. The van der Waals surface area contributed by atoms with Crippen molar-refractivity contribution in [1.29, 1.82) is 0 Å². The van der Waals surface area contributed by atoms with Crippen molar-refractivity contribution in [3.8, 4) is 11.5 Å². The topological polar surface area (TPSA) is 194 Å². The molecule has 4 aromatic heterocycles. The van der Waals surface area contributed by atoms with Crippen LogP contribution in [-0.4, -0.2) is 95.1 Å². The Balaban J connectivity index is 1.23. The third kappa shape index (κ3) is 7.92. The zero-order valence-corrected chi connectivity index (χ0v) is 33.5. The van der Waals surface area contributed by atoms with Crippen LogP contribution in [0.25, 0.3) is 22.1 Å². The van der Waals surface area contributed by atoms with E-state index in [0.29, 0.717) is 85.6 Å². The van der Waals surface area contributed by atoms with Crippen molar-refractivity contribution >= 4 is 51.7 Å². The van der Waals surface area contributed by atoms with Crippen molar-refractivity contribution in [2.24, 2.45) is 5.73 Å². The van der Waals surface area contributed by atoms with E-state index in [2.05, 4.69) is 30.3 Å². The first-order chi connectivity index (χ1) is 27.3. The molecule has 300 valence electrons. The number of carbonyl (C=O) groups excluding carboxylic acids is 3. The number of hydrogen-bond acceptors (Lipinski definition) is 10. The van der Waals surface area contributed by atoms with Gasteiger partial charge in [-0.1, -0.05) is 0 Å². The first-order valence-corrected chi connectivity index (χ1v) is 19.3. The van der Waals surface area contributed by atoms with E-state index in [-0.39, 0.29) is 29.4 Å². The van der Waals surface area contributed by atoms with Crippen molar-refractivity contribution in [2.75, 3.05) is 44.5 Å². The molecule has 0 fully saturated rings. The number of amides is 3. The third-order valence-electron chi connectivity index (χ3n) is 10.0. The zero-order chi connectivity index (χ0) is 40.5. The molecule has 0 bridgehead atoms. The van der Waals surface area contributed by atoms with E-state index in [4.69, 9.17) is 25.2 Å². The van der Waals surface area contributed by atoms with Crippen molar-refractivity contribution in [3.63, 3.8) is 0 Å². The molecule has 0 radical (unpaired) electrons. The molecule has 1 atom stereocenters. The Morgan fingerprint density at radius 2 is 1.49 bits per heavy atom. The van der Waals surface area contributed by atoms with E-state index in [1.807, 2.05) is 65.4 Å². The van der Waals surface area contributed by atoms with Crippen LogP contribution in [0.4, 0.5) is 11.9 Å². The van der Waals surface area contributed by atoms with Crippen LogP contribution in [0.15, 0.2) is 36.4 Å². The minimum Gasteiger partial charge on any atom is -0.491 e. The molecule has 1 aliphatic heterocycles. The Morgan fingerprint density at radius 3 is 2.12 bits per heavy atom. The maximum Gasteiger partial charge on any atom is 0.276 e. The molecule has 57 heavy (non-hydrogen) atoms. The van der Waals surface area contributed by atoms with Gasteiger partial charge in [-0.25, -0.2) is 9.97 Å². The smallest absolute Gasteiger partial charge is 0.276 e. The minimum atomic E-state index is -0.617. The monoisotopic (exact) mass is 778 g/mol. The van der Waals surface area contributed by atoms with E-state index in [9.17, 15) is 14.4 Å². The van der Waals surface area contributed by atoms with E-state index >= 15 is 0 Å². The lowest BCUT2D eigenvalue weighted by Crippen LogP contribution is -2.26. The number of primary amides is 1. The van der Waals surface area contributed by atoms with Gasteiger partial charge in [-0.15, -0.1) is 0 Å². The molecule has 4 N–H and O–H groups in total. The van der Waals surface area contributed by atoms with Crippen LogP contribution >= 0.6 is 0 Å². The summed E-state index contributed by atoms with van der Waals surface area (Å²) in [6.45, 7) is 12.6. The number of ether oxygens (including phenoxy) is 2. The number of rotatable bonds is 16. The molecule has 6 aromatic rings. The molecule has 17 heteroatoms. The number of nitrogens with zero attached hydrogens (tertiary/aromatic N) is 9.